The van der Waals surface area contributed by atoms with Gasteiger partial charge in [-0.2, -0.15) is 0 Å². The number of ether oxygens (including phenoxy) is 1. The first-order chi connectivity index (χ1) is 8.77. The van der Waals surface area contributed by atoms with Crippen LogP contribution in [0.4, 0.5) is 0 Å². The molecule has 0 amide bonds. The first-order valence-corrected chi connectivity index (χ1v) is 6.96. The Morgan fingerprint density at radius 2 is 2.22 bits per heavy atom. The molecule has 1 unspecified atom stereocenters. The quantitative estimate of drug-likeness (QED) is 0.858. The van der Waals surface area contributed by atoms with Crippen LogP contribution >= 0.6 is 0 Å². The van der Waals surface area contributed by atoms with Gasteiger partial charge in [0.1, 0.15) is 12.4 Å². The average molecular weight is 246 g/mol. The van der Waals surface area contributed by atoms with E-state index >= 15 is 0 Å². The molecule has 18 heavy (non-hydrogen) atoms. The van der Waals surface area contributed by atoms with Gasteiger partial charge in [0.05, 0.1) is 0 Å². The Labute approximate surface area is 109 Å². The fourth-order valence-corrected chi connectivity index (χ4v) is 2.91. The maximum atomic E-state index is 6.09. The normalized spacial score (nSPS) is 26.9. The Morgan fingerprint density at radius 1 is 1.28 bits per heavy atom. The van der Waals surface area contributed by atoms with Crippen molar-refractivity contribution < 1.29 is 4.74 Å². The molecule has 2 N–H and O–H groups in total. The van der Waals surface area contributed by atoms with Crippen LogP contribution in [0.3, 0.4) is 0 Å². The molecule has 3 heteroatoms. The van der Waals surface area contributed by atoms with Gasteiger partial charge >= 0.3 is 0 Å². The van der Waals surface area contributed by atoms with E-state index in [0.717, 1.165) is 32.0 Å². The maximum Gasteiger partial charge on any atom is 0.124 e. The first kappa shape index (κ1) is 12.0. The van der Waals surface area contributed by atoms with Crippen molar-refractivity contribution in [3.63, 3.8) is 0 Å². The van der Waals surface area contributed by atoms with Gasteiger partial charge in [-0.25, -0.2) is 0 Å². The van der Waals surface area contributed by atoms with Crippen LogP contribution in [0.15, 0.2) is 18.2 Å². The minimum Gasteiger partial charge on any atom is -0.491 e. The third-order valence-corrected chi connectivity index (χ3v) is 4.10. The lowest BCUT2D eigenvalue weighted by Gasteiger charge is -2.34. The van der Waals surface area contributed by atoms with Crippen molar-refractivity contribution in [2.24, 2.45) is 0 Å². The molecule has 3 rings (SSSR count). The Morgan fingerprint density at radius 3 is 3.06 bits per heavy atom. The molecule has 0 aromatic heterocycles. The fraction of sp³-hybridized carbons (Fsp3) is 0.600. The van der Waals surface area contributed by atoms with Crippen LogP contribution in [0, 0.1) is 0 Å². The van der Waals surface area contributed by atoms with E-state index < -0.39 is 0 Å². The molecule has 1 saturated heterocycles. The highest BCUT2D eigenvalue weighted by Gasteiger charge is 2.27. The SMILES string of the molecule is CC1(COc2cccc3c2CNC3)CCCCN1. The van der Waals surface area contributed by atoms with Gasteiger partial charge in [0, 0.05) is 24.2 Å². The van der Waals surface area contributed by atoms with E-state index in [1.807, 2.05) is 0 Å². The van der Waals surface area contributed by atoms with Gasteiger partial charge < -0.3 is 15.4 Å². The minimum atomic E-state index is 0.146. The lowest BCUT2D eigenvalue weighted by atomic mass is 9.92. The molecule has 98 valence electrons. The minimum absolute atomic E-state index is 0.146. The van der Waals surface area contributed by atoms with Crippen molar-refractivity contribution in [2.75, 3.05) is 13.2 Å². The van der Waals surface area contributed by atoms with E-state index in [2.05, 4.69) is 35.8 Å². The number of nitrogens with one attached hydrogen (secondary N) is 2. The molecule has 0 spiro atoms. The molecule has 2 aliphatic rings. The summed E-state index contributed by atoms with van der Waals surface area (Å²) in [6.07, 6.45) is 3.81. The molecule has 0 bridgehead atoms. The Hall–Kier alpha value is -1.06. The summed E-state index contributed by atoms with van der Waals surface area (Å²) in [5, 5.41) is 6.97. The summed E-state index contributed by atoms with van der Waals surface area (Å²) in [4.78, 5) is 0. The predicted octanol–water partition coefficient (Wildman–Crippen LogP) is 2.20. The van der Waals surface area contributed by atoms with E-state index in [0.29, 0.717) is 0 Å². The van der Waals surface area contributed by atoms with Crippen LogP contribution in [-0.4, -0.2) is 18.7 Å². The van der Waals surface area contributed by atoms with Gasteiger partial charge in [0.25, 0.3) is 0 Å². The number of benzene rings is 1. The summed E-state index contributed by atoms with van der Waals surface area (Å²) in [5.41, 5.74) is 2.87. The Kier molecular flexibility index (Phi) is 3.27. The summed E-state index contributed by atoms with van der Waals surface area (Å²) >= 11 is 0. The van der Waals surface area contributed by atoms with Gasteiger partial charge in [-0.05, 0) is 37.9 Å². The molecule has 0 aliphatic carbocycles. The smallest absolute Gasteiger partial charge is 0.124 e. The standard InChI is InChI=1S/C15H22N2O/c1-15(7-2-3-8-17-15)11-18-14-6-4-5-12-9-16-10-13(12)14/h4-6,16-17H,2-3,7-11H2,1H3. The van der Waals surface area contributed by atoms with Gasteiger partial charge in [-0.15, -0.1) is 0 Å². The van der Waals surface area contributed by atoms with Gasteiger partial charge in [-0.3, -0.25) is 0 Å². The van der Waals surface area contributed by atoms with Crippen LogP contribution in [0.2, 0.25) is 0 Å². The summed E-state index contributed by atoms with van der Waals surface area (Å²) in [7, 11) is 0. The highest BCUT2D eigenvalue weighted by molar-refractivity contribution is 5.42. The van der Waals surface area contributed by atoms with Crippen molar-refractivity contribution in [2.45, 2.75) is 44.8 Å². The van der Waals surface area contributed by atoms with Crippen molar-refractivity contribution in [1.82, 2.24) is 10.6 Å². The Bertz CT molecular complexity index is 425. The zero-order valence-electron chi connectivity index (χ0n) is 11.1. The number of rotatable bonds is 3. The van der Waals surface area contributed by atoms with E-state index in [1.165, 1.54) is 30.4 Å². The van der Waals surface area contributed by atoms with Crippen molar-refractivity contribution in [3.8, 4) is 5.75 Å². The zero-order valence-corrected chi connectivity index (χ0v) is 11.1. The van der Waals surface area contributed by atoms with Gasteiger partial charge in [0.2, 0.25) is 0 Å². The lowest BCUT2D eigenvalue weighted by molar-refractivity contribution is 0.162. The summed E-state index contributed by atoms with van der Waals surface area (Å²) < 4.78 is 6.09. The monoisotopic (exact) mass is 246 g/mol. The summed E-state index contributed by atoms with van der Waals surface area (Å²) in [6.45, 7) is 6.07. The second-order valence-electron chi connectivity index (χ2n) is 5.73. The first-order valence-electron chi connectivity index (χ1n) is 6.96. The highest BCUT2D eigenvalue weighted by atomic mass is 16.5. The van der Waals surface area contributed by atoms with Crippen LogP contribution < -0.4 is 15.4 Å². The third kappa shape index (κ3) is 2.38. The van der Waals surface area contributed by atoms with Crippen molar-refractivity contribution in [1.29, 1.82) is 0 Å². The number of piperidine rings is 1. The highest BCUT2D eigenvalue weighted by Crippen LogP contribution is 2.28. The summed E-state index contributed by atoms with van der Waals surface area (Å²) in [6, 6.07) is 6.37. The molecule has 1 atom stereocenters. The largest absolute Gasteiger partial charge is 0.491 e. The number of hydrogen-bond donors (Lipinski definition) is 2. The topological polar surface area (TPSA) is 33.3 Å². The van der Waals surface area contributed by atoms with Crippen LogP contribution in [-0.2, 0) is 13.1 Å². The van der Waals surface area contributed by atoms with Crippen LogP contribution in [0.1, 0.15) is 37.3 Å². The van der Waals surface area contributed by atoms with E-state index in [-0.39, 0.29) is 5.54 Å². The number of hydrogen-bond acceptors (Lipinski definition) is 3. The maximum absolute atomic E-state index is 6.09. The van der Waals surface area contributed by atoms with E-state index in [4.69, 9.17) is 4.74 Å². The molecule has 3 nitrogen and oxygen atoms in total. The van der Waals surface area contributed by atoms with Crippen molar-refractivity contribution >= 4 is 0 Å². The molecule has 1 aromatic rings. The predicted molar refractivity (Wildman–Crippen MR) is 72.7 cm³/mol. The molecule has 0 radical (unpaired) electrons. The Balaban J connectivity index is 1.68. The molecule has 1 fully saturated rings. The summed E-state index contributed by atoms with van der Waals surface area (Å²) in [5.74, 6) is 1.06. The van der Waals surface area contributed by atoms with Crippen LogP contribution in [0.25, 0.3) is 0 Å². The molecular formula is C15H22N2O. The molecular weight excluding hydrogens is 224 g/mol. The van der Waals surface area contributed by atoms with Crippen LogP contribution in [0.5, 0.6) is 5.75 Å². The number of fused-ring (bicyclic) bond motifs is 1. The van der Waals surface area contributed by atoms with Gasteiger partial charge in [0.15, 0.2) is 0 Å². The second kappa shape index (κ2) is 4.90. The molecule has 2 heterocycles. The lowest BCUT2D eigenvalue weighted by Crippen LogP contribution is -2.50. The fourth-order valence-electron chi connectivity index (χ4n) is 2.91. The third-order valence-electron chi connectivity index (χ3n) is 4.10. The van der Waals surface area contributed by atoms with E-state index in [1.54, 1.807) is 0 Å². The second-order valence-corrected chi connectivity index (χ2v) is 5.73. The average Bonchev–Trinajstić information content (AvgIpc) is 2.86. The van der Waals surface area contributed by atoms with E-state index in [9.17, 15) is 0 Å². The van der Waals surface area contributed by atoms with Gasteiger partial charge in [-0.1, -0.05) is 18.6 Å². The molecule has 0 saturated carbocycles. The molecule has 1 aromatic carbocycles. The molecule has 2 aliphatic heterocycles. The zero-order chi connectivity index (χ0) is 12.4. The van der Waals surface area contributed by atoms with Crippen molar-refractivity contribution in [3.05, 3.63) is 29.3 Å².